The predicted molar refractivity (Wildman–Crippen MR) is 81.1 cm³/mol. The molecule has 110 valence electrons. The van der Waals surface area contributed by atoms with Crippen LogP contribution in [0.15, 0.2) is 11.6 Å². The summed E-state index contributed by atoms with van der Waals surface area (Å²) in [7, 11) is 1.86. The van der Waals surface area contributed by atoms with Crippen molar-refractivity contribution < 1.29 is 4.79 Å². The number of nitrogens with one attached hydrogen (secondary N) is 1. The van der Waals surface area contributed by atoms with Crippen molar-refractivity contribution in [2.75, 3.05) is 0 Å². The van der Waals surface area contributed by atoms with Crippen LogP contribution in [-0.4, -0.2) is 20.7 Å². The minimum Gasteiger partial charge on any atom is -0.344 e. The third kappa shape index (κ3) is 3.56. The van der Waals surface area contributed by atoms with Gasteiger partial charge in [0.05, 0.1) is 11.7 Å². The molecule has 3 N–H and O–H groups in total. The van der Waals surface area contributed by atoms with Crippen LogP contribution in [0.2, 0.25) is 0 Å². The lowest BCUT2D eigenvalue weighted by atomic mass is 10.1. The molecule has 0 saturated carbocycles. The fourth-order valence-electron chi connectivity index (χ4n) is 1.90. The number of carbonyl (C=O) groups is 1. The molecule has 1 unspecified atom stereocenters. The maximum absolute atomic E-state index is 12.0. The molecule has 0 aromatic carbocycles. The van der Waals surface area contributed by atoms with Gasteiger partial charge in [-0.3, -0.25) is 9.48 Å². The molecule has 8 heteroatoms. The lowest BCUT2D eigenvalue weighted by molar-refractivity contribution is 0.0935. The van der Waals surface area contributed by atoms with E-state index >= 15 is 0 Å². The van der Waals surface area contributed by atoms with Crippen LogP contribution < -0.4 is 11.1 Å². The SMILES string of the molecule is Cc1nn(C)cc1C(C)NC(=O)c1csc(CN)n1.Cl. The molecular formula is C12H18ClN5OS. The van der Waals surface area contributed by atoms with E-state index in [2.05, 4.69) is 15.4 Å². The highest BCUT2D eigenvalue weighted by Gasteiger charge is 2.17. The first-order chi connectivity index (χ1) is 9.01. The van der Waals surface area contributed by atoms with Crippen molar-refractivity contribution in [1.29, 1.82) is 0 Å². The number of nitrogens with zero attached hydrogens (tertiary/aromatic N) is 3. The maximum Gasteiger partial charge on any atom is 0.271 e. The quantitative estimate of drug-likeness (QED) is 0.896. The van der Waals surface area contributed by atoms with Crippen LogP contribution in [0.3, 0.4) is 0 Å². The van der Waals surface area contributed by atoms with Crippen molar-refractivity contribution in [3.05, 3.63) is 33.5 Å². The molecule has 0 spiro atoms. The van der Waals surface area contributed by atoms with Gasteiger partial charge in [0.2, 0.25) is 0 Å². The van der Waals surface area contributed by atoms with Crippen LogP contribution in [0.1, 0.15) is 39.7 Å². The number of nitrogens with two attached hydrogens (primary N) is 1. The number of thiazole rings is 1. The summed E-state index contributed by atoms with van der Waals surface area (Å²) in [4.78, 5) is 16.2. The van der Waals surface area contributed by atoms with Gasteiger partial charge in [0.1, 0.15) is 10.7 Å². The predicted octanol–water partition coefficient (Wildman–Crippen LogP) is 1.56. The molecule has 0 aliphatic heterocycles. The van der Waals surface area contributed by atoms with E-state index in [1.165, 1.54) is 11.3 Å². The standard InChI is InChI=1S/C12H17N5OS.ClH/c1-7(9-5-17(3)16-8(9)2)14-12(18)10-6-19-11(4-13)15-10;/h5-7H,4,13H2,1-3H3,(H,14,18);1H. The molecule has 2 rings (SSSR count). The van der Waals surface area contributed by atoms with Gasteiger partial charge in [-0.1, -0.05) is 0 Å². The largest absolute Gasteiger partial charge is 0.344 e. The number of hydrogen-bond donors (Lipinski definition) is 2. The van der Waals surface area contributed by atoms with Gasteiger partial charge in [-0.2, -0.15) is 5.10 Å². The second kappa shape index (κ2) is 6.83. The Kier molecular flexibility index (Phi) is 5.67. The number of rotatable bonds is 4. The number of carbonyl (C=O) groups excluding carboxylic acids is 1. The van der Waals surface area contributed by atoms with E-state index in [1.54, 1.807) is 10.1 Å². The molecule has 0 bridgehead atoms. The lowest BCUT2D eigenvalue weighted by Crippen LogP contribution is -2.27. The van der Waals surface area contributed by atoms with Gasteiger partial charge in [0.15, 0.2) is 0 Å². The summed E-state index contributed by atoms with van der Waals surface area (Å²) in [5.74, 6) is -0.188. The molecule has 1 amide bonds. The van der Waals surface area contributed by atoms with Gasteiger partial charge in [-0.05, 0) is 13.8 Å². The third-order valence-electron chi connectivity index (χ3n) is 2.82. The fourth-order valence-corrected chi connectivity index (χ4v) is 2.55. The molecule has 2 aromatic rings. The minimum absolute atomic E-state index is 0. The Labute approximate surface area is 127 Å². The van der Waals surface area contributed by atoms with Gasteiger partial charge in [-0.25, -0.2) is 4.98 Å². The Balaban J connectivity index is 0.00000200. The molecule has 0 fully saturated rings. The van der Waals surface area contributed by atoms with E-state index in [0.29, 0.717) is 12.2 Å². The average molecular weight is 316 g/mol. The Morgan fingerprint density at radius 2 is 2.30 bits per heavy atom. The van der Waals surface area contributed by atoms with Crippen LogP contribution >= 0.6 is 23.7 Å². The number of amides is 1. The van der Waals surface area contributed by atoms with Gasteiger partial charge in [-0.15, -0.1) is 23.7 Å². The summed E-state index contributed by atoms with van der Waals surface area (Å²) in [6.07, 6.45) is 1.91. The van der Waals surface area contributed by atoms with E-state index < -0.39 is 0 Å². The monoisotopic (exact) mass is 315 g/mol. The molecule has 2 heterocycles. The molecule has 6 nitrogen and oxygen atoms in total. The number of halogens is 1. The zero-order valence-corrected chi connectivity index (χ0v) is 13.2. The van der Waals surface area contributed by atoms with E-state index in [0.717, 1.165) is 16.3 Å². The van der Waals surface area contributed by atoms with Crippen molar-refractivity contribution in [2.45, 2.75) is 26.4 Å². The molecule has 0 aliphatic carbocycles. The first kappa shape index (κ1) is 16.6. The smallest absolute Gasteiger partial charge is 0.271 e. The van der Waals surface area contributed by atoms with Crippen molar-refractivity contribution in [3.63, 3.8) is 0 Å². The second-order valence-electron chi connectivity index (χ2n) is 4.37. The summed E-state index contributed by atoms with van der Waals surface area (Å²) >= 11 is 1.39. The highest BCUT2D eigenvalue weighted by atomic mass is 35.5. The van der Waals surface area contributed by atoms with Gasteiger partial charge in [0.25, 0.3) is 5.91 Å². The lowest BCUT2D eigenvalue weighted by Gasteiger charge is -2.11. The zero-order chi connectivity index (χ0) is 14.0. The molecule has 20 heavy (non-hydrogen) atoms. The van der Waals surface area contributed by atoms with E-state index in [4.69, 9.17) is 5.73 Å². The Morgan fingerprint density at radius 1 is 1.60 bits per heavy atom. The number of aromatic nitrogens is 3. The van der Waals surface area contributed by atoms with Gasteiger partial charge < -0.3 is 11.1 Å². The molecule has 1 atom stereocenters. The van der Waals surface area contributed by atoms with Crippen LogP contribution in [0.25, 0.3) is 0 Å². The highest BCUT2D eigenvalue weighted by Crippen LogP contribution is 2.16. The highest BCUT2D eigenvalue weighted by molar-refractivity contribution is 7.09. The van der Waals surface area contributed by atoms with Crippen LogP contribution in [0.4, 0.5) is 0 Å². The summed E-state index contributed by atoms with van der Waals surface area (Å²) in [6.45, 7) is 4.21. The van der Waals surface area contributed by atoms with Crippen molar-refractivity contribution in [3.8, 4) is 0 Å². The van der Waals surface area contributed by atoms with Crippen LogP contribution in [0, 0.1) is 6.92 Å². The van der Waals surface area contributed by atoms with Crippen molar-refractivity contribution in [2.24, 2.45) is 12.8 Å². The zero-order valence-electron chi connectivity index (χ0n) is 11.6. The van der Waals surface area contributed by atoms with E-state index in [-0.39, 0.29) is 24.4 Å². The first-order valence-electron chi connectivity index (χ1n) is 5.96. The first-order valence-corrected chi connectivity index (χ1v) is 6.84. The van der Waals surface area contributed by atoms with Gasteiger partial charge in [0, 0.05) is 30.7 Å². The Bertz CT molecular complexity index is 594. The number of aryl methyl sites for hydroxylation is 2. The maximum atomic E-state index is 12.0. The molecular weight excluding hydrogens is 298 g/mol. The fraction of sp³-hybridized carbons (Fsp3) is 0.417. The van der Waals surface area contributed by atoms with Crippen molar-refractivity contribution in [1.82, 2.24) is 20.1 Å². The molecule has 0 saturated heterocycles. The second-order valence-corrected chi connectivity index (χ2v) is 5.31. The summed E-state index contributed by atoms with van der Waals surface area (Å²) in [5.41, 5.74) is 7.82. The third-order valence-corrected chi connectivity index (χ3v) is 3.70. The molecule has 2 aromatic heterocycles. The van der Waals surface area contributed by atoms with Crippen LogP contribution in [0.5, 0.6) is 0 Å². The summed E-state index contributed by atoms with van der Waals surface area (Å²) in [6, 6.07) is -0.107. The van der Waals surface area contributed by atoms with Crippen LogP contribution in [-0.2, 0) is 13.6 Å². The topological polar surface area (TPSA) is 85.8 Å². The Hall–Kier alpha value is -1.44. The normalized spacial score (nSPS) is 11.8. The molecule has 0 radical (unpaired) electrons. The van der Waals surface area contributed by atoms with Gasteiger partial charge >= 0.3 is 0 Å². The van der Waals surface area contributed by atoms with E-state index in [1.807, 2.05) is 27.1 Å². The number of hydrogen-bond acceptors (Lipinski definition) is 5. The average Bonchev–Trinajstić information content (AvgIpc) is 2.95. The summed E-state index contributed by atoms with van der Waals surface area (Å²) in [5, 5.41) is 9.66. The molecule has 0 aliphatic rings. The minimum atomic E-state index is -0.188. The Morgan fingerprint density at radius 3 is 2.80 bits per heavy atom. The van der Waals surface area contributed by atoms with Crippen molar-refractivity contribution >= 4 is 29.7 Å². The van der Waals surface area contributed by atoms with E-state index in [9.17, 15) is 4.79 Å². The summed E-state index contributed by atoms with van der Waals surface area (Å²) < 4.78 is 1.74.